The fourth-order valence-electron chi connectivity index (χ4n) is 1.63. The van der Waals surface area contributed by atoms with E-state index in [9.17, 15) is 9.90 Å². The predicted molar refractivity (Wildman–Crippen MR) is 77.6 cm³/mol. The van der Waals surface area contributed by atoms with Crippen LogP contribution in [0.15, 0.2) is 18.2 Å². The normalized spacial score (nSPS) is 12.5. The van der Waals surface area contributed by atoms with Crippen LogP contribution in [-0.2, 0) is 0 Å². The number of carbonyl (C=O) groups is 1. The third-order valence-electron chi connectivity index (χ3n) is 2.74. The Balaban J connectivity index is 2.83. The van der Waals surface area contributed by atoms with Gasteiger partial charge in [0.05, 0.1) is 5.56 Å². The Hall–Kier alpha value is -0.740. The zero-order valence-electron chi connectivity index (χ0n) is 10.4. The van der Waals surface area contributed by atoms with Crippen LogP contribution in [-0.4, -0.2) is 22.4 Å². The highest BCUT2D eigenvalue weighted by Gasteiger charge is 2.18. The molecule has 0 bridgehead atoms. The molecule has 0 aliphatic rings. The molecule has 0 saturated heterocycles. The molecule has 0 aliphatic carbocycles. The van der Waals surface area contributed by atoms with Crippen molar-refractivity contribution in [2.45, 2.75) is 26.3 Å². The summed E-state index contributed by atoms with van der Waals surface area (Å²) < 4.78 is 0. The first-order valence-electron chi connectivity index (χ1n) is 5.81. The summed E-state index contributed by atoms with van der Waals surface area (Å²) in [5, 5.41) is 13.8. The molecule has 18 heavy (non-hydrogen) atoms. The minimum absolute atomic E-state index is 0.0572. The van der Waals surface area contributed by atoms with Gasteiger partial charge in [-0.15, -0.1) is 0 Å². The molecule has 1 aromatic rings. The second-order valence-corrected chi connectivity index (χ2v) is 5.69. The lowest BCUT2D eigenvalue weighted by atomic mass is 10.0. The van der Waals surface area contributed by atoms with Gasteiger partial charge in [-0.05, 0) is 30.5 Å². The number of rotatable bonds is 5. The van der Waals surface area contributed by atoms with E-state index < -0.39 is 0 Å². The summed E-state index contributed by atoms with van der Waals surface area (Å²) in [6.07, 6.45) is 0.838. The maximum Gasteiger partial charge on any atom is 0.255 e. The molecule has 0 aliphatic heterocycles. The average Bonchev–Trinajstić information content (AvgIpc) is 2.31. The molecule has 0 saturated carbocycles. The van der Waals surface area contributed by atoms with Crippen molar-refractivity contribution in [1.82, 2.24) is 5.32 Å². The minimum Gasteiger partial charge on any atom is -0.507 e. The number of hydrogen-bond donors (Lipinski definition) is 2. The molecule has 0 fully saturated rings. The molecular formula is C13H17BrClNO2. The molecular weight excluding hydrogens is 318 g/mol. The van der Waals surface area contributed by atoms with Crippen molar-refractivity contribution in [3.05, 3.63) is 28.8 Å². The van der Waals surface area contributed by atoms with Gasteiger partial charge in [-0.1, -0.05) is 41.4 Å². The number of hydrogen-bond acceptors (Lipinski definition) is 2. The number of amides is 1. The van der Waals surface area contributed by atoms with Gasteiger partial charge < -0.3 is 10.4 Å². The Morgan fingerprint density at radius 3 is 2.72 bits per heavy atom. The van der Waals surface area contributed by atoms with Gasteiger partial charge in [-0.25, -0.2) is 0 Å². The highest BCUT2D eigenvalue weighted by atomic mass is 79.9. The van der Waals surface area contributed by atoms with E-state index in [2.05, 4.69) is 21.2 Å². The Morgan fingerprint density at radius 1 is 1.50 bits per heavy atom. The summed E-state index contributed by atoms with van der Waals surface area (Å²) in [7, 11) is 0. The van der Waals surface area contributed by atoms with Gasteiger partial charge in [0.15, 0.2) is 0 Å². The summed E-state index contributed by atoms with van der Waals surface area (Å²) in [5.41, 5.74) is 0.211. The highest BCUT2D eigenvalue weighted by molar-refractivity contribution is 9.09. The smallest absolute Gasteiger partial charge is 0.255 e. The molecule has 1 aromatic carbocycles. The molecule has 0 heterocycles. The molecule has 5 heteroatoms. The Morgan fingerprint density at radius 2 is 2.17 bits per heavy atom. The average molecular weight is 335 g/mol. The van der Waals surface area contributed by atoms with Gasteiger partial charge >= 0.3 is 0 Å². The van der Waals surface area contributed by atoms with E-state index in [0.29, 0.717) is 10.9 Å². The second-order valence-electron chi connectivity index (χ2n) is 4.46. The first kappa shape index (κ1) is 15.3. The maximum atomic E-state index is 12.1. The second kappa shape index (κ2) is 7.00. The summed E-state index contributed by atoms with van der Waals surface area (Å²) >= 11 is 9.19. The van der Waals surface area contributed by atoms with E-state index in [1.54, 1.807) is 6.07 Å². The zero-order valence-corrected chi connectivity index (χ0v) is 12.8. The fraction of sp³-hybridized carbons (Fsp3) is 0.462. The Kier molecular flexibility index (Phi) is 5.96. The number of alkyl halides is 1. The van der Waals surface area contributed by atoms with E-state index in [0.717, 1.165) is 11.8 Å². The Labute approximate surface area is 121 Å². The molecule has 1 rings (SSSR count). The summed E-state index contributed by atoms with van der Waals surface area (Å²) in [6, 6.07) is 4.51. The maximum absolute atomic E-state index is 12.1. The molecule has 0 aromatic heterocycles. The monoisotopic (exact) mass is 333 g/mol. The lowest BCUT2D eigenvalue weighted by Crippen LogP contribution is -2.38. The number of halogens is 2. The lowest BCUT2D eigenvalue weighted by molar-refractivity contribution is 0.0922. The topological polar surface area (TPSA) is 49.3 Å². The van der Waals surface area contributed by atoms with Crippen LogP contribution < -0.4 is 5.32 Å². The number of benzene rings is 1. The van der Waals surface area contributed by atoms with E-state index in [1.165, 1.54) is 12.1 Å². The lowest BCUT2D eigenvalue weighted by Gasteiger charge is -2.21. The number of nitrogens with one attached hydrogen (secondary N) is 1. The van der Waals surface area contributed by atoms with Crippen LogP contribution in [0.25, 0.3) is 0 Å². The van der Waals surface area contributed by atoms with Crippen molar-refractivity contribution in [2.75, 3.05) is 5.33 Å². The minimum atomic E-state index is -0.297. The van der Waals surface area contributed by atoms with Gasteiger partial charge in [-0.3, -0.25) is 4.79 Å². The van der Waals surface area contributed by atoms with Crippen LogP contribution >= 0.6 is 27.5 Å². The first-order valence-corrected chi connectivity index (χ1v) is 7.31. The molecule has 0 spiro atoms. The third kappa shape index (κ3) is 4.18. The van der Waals surface area contributed by atoms with Gasteiger partial charge in [0.1, 0.15) is 5.75 Å². The summed E-state index contributed by atoms with van der Waals surface area (Å²) in [5.74, 6) is -0.0271. The summed E-state index contributed by atoms with van der Waals surface area (Å²) in [6.45, 7) is 4.09. The Bertz CT molecular complexity index is 423. The van der Waals surface area contributed by atoms with Crippen LogP contribution in [0.1, 0.15) is 30.6 Å². The van der Waals surface area contributed by atoms with Crippen molar-refractivity contribution < 1.29 is 9.90 Å². The van der Waals surface area contributed by atoms with Crippen LogP contribution in [0.4, 0.5) is 0 Å². The molecule has 1 unspecified atom stereocenters. The standard InChI is InChI=1S/C13H17BrClNO2/c1-8(2)11(5-6-14)16-13(18)10-7-9(15)3-4-12(10)17/h3-4,7-8,11,17H,5-6H2,1-2H3,(H,16,18). The van der Waals surface area contributed by atoms with E-state index in [1.807, 2.05) is 13.8 Å². The van der Waals surface area contributed by atoms with Crippen molar-refractivity contribution in [1.29, 1.82) is 0 Å². The molecule has 100 valence electrons. The van der Waals surface area contributed by atoms with Gasteiger partial charge in [0, 0.05) is 16.4 Å². The van der Waals surface area contributed by atoms with E-state index in [-0.39, 0.29) is 23.3 Å². The molecule has 1 atom stereocenters. The molecule has 2 N–H and O–H groups in total. The summed E-state index contributed by atoms with van der Waals surface area (Å²) in [4.78, 5) is 12.1. The van der Waals surface area contributed by atoms with Gasteiger partial charge in [-0.2, -0.15) is 0 Å². The number of aromatic hydroxyl groups is 1. The number of phenols is 1. The van der Waals surface area contributed by atoms with Crippen molar-refractivity contribution in [3.8, 4) is 5.75 Å². The van der Waals surface area contributed by atoms with E-state index >= 15 is 0 Å². The number of phenolic OH excluding ortho intramolecular Hbond substituents is 1. The molecule has 3 nitrogen and oxygen atoms in total. The van der Waals surface area contributed by atoms with Crippen molar-refractivity contribution >= 4 is 33.4 Å². The predicted octanol–water partition coefficient (Wildman–Crippen LogP) is 3.59. The van der Waals surface area contributed by atoms with Crippen LogP contribution in [0.2, 0.25) is 5.02 Å². The fourth-order valence-corrected chi connectivity index (χ4v) is 2.29. The zero-order chi connectivity index (χ0) is 13.7. The van der Waals surface area contributed by atoms with Crippen LogP contribution in [0.5, 0.6) is 5.75 Å². The van der Waals surface area contributed by atoms with E-state index in [4.69, 9.17) is 11.6 Å². The highest BCUT2D eigenvalue weighted by Crippen LogP contribution is 2.22. The molecule has 0 radical (unpaired) electrons. The van der Waals surface area contributed by atoms with Crippen LogP contribution in [0.3, 0.4) is 0 Å². The number of carbonyl (C=O) groups excluding carboxylic acids is 1. The quantitative estimate of drug-likeness (QED) is 0.809. The van der Waals surface area contributed by atoms with Crippen LogP contribution in [0, 0.1) is 5.92 Å². The SMILES string of the molecule is CC(C)C(CCBr)NC(=O)c1cc(Cl)ccc1O. The third-order valence-corrected chi connectivity index (χ3v) is 3.44. The van der Waals surface area contributed by atoms with Crippen molar-refractivity contribution in [3.63, 3.8) is 0 Å². The van der Waals surface area contributed by atoms with Gasteiger partial charge in [0.2, 0.25) is 0 Å². The van der Waals surface area contributed by atoms with Gasteiger partial charge in [0.25, 0.3) is 5.91 Å². The van der Waals surface area contributed by atoms with Crippen molar-refractivity contribution in [2.24, 2.45) is 5.92 Å². The first-order chi connectivity index (χ1) is 8.45. The molecule has 1 amide bonds. The largest absolute Gasteiger partial charge is 0.507 e.